The molecule has 0 saturated carbocycles. The van der Waals surface area contributed by atoms with Gasteiger partial charge < -0.3 is 5.32 Å². The Bertz CT molecular complexity index is 480. The summed E-state index contributed by atoms with van der Waals surface area (Å²) in [5.74, 6) is 0.709. The predicted octanol–water partition coefficient (Wildman–Crippen LogP) is 4.94. The van der Waals surface area contributed by atoms with E-state index in [1.54, 1.807) is 0 Å². The van der Waals surface area contributed by atoms with Crippen molar-refractivity contribution in [3.05, 3.63) is 59.7 Å². The van der Waals surface area contributed by atoms with E-state index in [4.69, 9.17) is 0 Å². The van der Waals surface area contributed by atoms with Gasteiger partial charge >= 0.3 is 0 Å². The van der Waals surface area contributed by atoms with Crippen LogP contribution in [0.15, 0.2) is 48.5 Å². The summed E-state index contributed by atoms with van der Waals surface area (Å²) >= 11 is 0. The Morgan fingerprint density at radius 2 is 1.33 bits per heavy atom. The summed E-state index contributed by atoms with van der Waals surface area (Å²) in [4.78, 5) is 0. The maximum atomic E-state index is 3.41. The largest absolute Gasteiger partial charge is 0.356 e. The molecule has 0 aromatic heterocycles. The van der Waals surface area contributed by atoms with Crippen LogP contribution in [0.2, 0.25) is 0 Å². The van der Waals surface area contributed by atoms with Gasteiger partial charge in [-0.3, -0.25) is 0 Å². The van der Waals surface area contributed by atoms with Crippen LogP contribution in [-0.4, -0.2) is 0 Å². The minimum Gasteiger partial charge on any atom is -0.356 e. The minimum atomic E-state index is 0.709. The minimum absolute atomic E-state index is 0.709. The van der Waals surface area contributed by atoms with Crippen molar-refractivity contribution in [2.45, 2.75) is 27.2 Å². The van der Waals surface area contributed by atoms with Crippen molar-refractivity contribution in [3.8, 4) is 0 Å². The molecular weight excluding hydrogens is 218 g/mol. The Morgan fingerprint density at radius 1 is 0.833 bits per heavy atom. The number of nitrogens with one attached hydrogen (secondary N) is 1. The lowest BCUT2D eigenvalue weighted by atomic mass is 10.0. The average Bonchev–Trinajstić information content (AvgIpc) is 2.34. The zero-order chi connectivity index (χ0) is 13.0. The molecule has 2 aromatic carbocycles. The second-order valence-corrected chi connectivity index (χ2v) is 5.29. The quantitative estimate of drug-likeness (QED) is 0.797. The zero-order valence-corrected chi connectivity index (χ0v) is 11.4. The molecule has 1 nitrogen and oxygen atoms in total. The molecule has 0 aliphatic heterocycles. The van der Waals surface area contributed by atoms with E-state index in [0.717, 1.165) is 17.8 Å². The molecule has 0 spiro atoms. The maximum absolute atomic E-state index is 3.41. The molecular formula is C17H21N. The molecule has 0 amide bonds. The fourth-order valence-corrected chi connectivity index (χ4v) is 2.00. The maximum Gasteiger partial charge on any atom is 0.0384 e. The molecule has 2 aromatic rings. The van der Waals surface area contributed by atoms with Crippen LogP contribution >= 0.6 is 0 Å². The van der Waals surface area contributed by atoms with Gasteiger partial charge in [-0.1, -0.05) is 43.7 Å². The Kier molecular flexibility index (Phi) is 4.03. The number of hydrogen-bond acceptors (Lipinski definition) is 1. The van der Waals surface area contributed by atoms with Gasteiger partial charge in [-0.25, -0.2) is 0 Å². The highest BCUT2D eigenvalue weighted by Gasteiger charge is 1.98. The van der Waals surface area contributed by atoms with Gasteiger partial charge in [0.2, 0.25) is 0 Å². The van der Waals surface area contributed by atoms with Crippen molar-refractivity contribution >= 4 is 11.4 Å². The molecule has 0 atom stereocenters. The van der Waals surface area contributed by atoms with Gasteiger partial charge in [-0.2, -0.15) is 0 Å². The van der Waals surface area contributed by atoms with Crippen molar-refractivity contribution in [2.24, 2.45) is 5.92 Å². The van der Waals surface area contributed by atoms with Crippen molar-refractivity contribution in [1.82, 2.24) is 0 Å². The molecule has 0 aliphatic rings. The lowest BCUT2D eigenvalue weighted by Crippen LogP contribution is -1.95. The van der Waals surface area contributed by atoms with Crippen LogP contribution in [0.25, 0.3) is 0 Å². The van der Waals surface area contributed by atoms with E-state index in [1.807, 2.05) is 0 Å². The van der Waals surface area contributed by atoms with Gasteiger partial charge in [0.05, 0.1) is 0 Å². The van der Waals surface area contributed by atoms with E-state index in [1.165, 1.54) is 11.1 Å². The SMILES string of the molecule is Cc1ccc(Nc2ccc(CC(C)C)cc2)cc1. The third-order valence-electron chi connectivity index (χ3n) is 2.94. The monoisotopic (exact) mass is 239 g/mol. The predicted molar refractivity (Wildman–Crippen MR) is 79.4 cm³/mol. The molecule has 0 bridgehead atoms. The normalized spacial score (nSPS) is 10.7. The van der Waals surface area contributed by atoms with Crippen LogP contribution in [0.5, 0.6) is 0 Å². The molecule has 0 radical (unpaired) electrons. The van der Waals surface area contributed by atoms with E-state index in [9.17, 15) is 0 Å². The Balaban J connectivity index is 2.04. The first kappa shape index (κ1) is 12.7. The number of aryl methyl sites for hydroxylation is 1. The standard InChI is InChI=1S/C17H21N/c1-13(2)12-15-6-10-17(11-7-15)18-16-8-4-14(3)5-9-16/h4-11,13,18H,12H2,1-3H3. The average molecular weight is 239 g/mol. The summed E-state index contributed by atoms with van der Waals surface area (Å²) in [6.45, 7) is 6.60. The first-order valence-corrected chi connectivity index (χ1v) is 6.56. The number of hydrogen-bond donors (Lipinski definition) is 1. The van der Waals surface area contributed by atoms with Gasteiger partial charge in [-0.05, 0) is 49.1 Å². The third kappa shape index (κ3) is 3.63. The lowest BCUT2D eigenvalue weighted by Gasteiger charge is -2.09. The summed E-state index contributed by atoms with van der Waals surface area (Å²) in [6, 6.07) is 17.2. The topological polar surface area (TPSA) is 12.0 Å². The highest BCUT2D eigenvalue weighted by atomic mass is 14.9. The number of anilines is 2. The van der Waals surface area contributed by atoms with Crippen LogP contribution in [-0.2, 0) is 6.42 Å². The number of benzene rings is 2. The molecule has 0 unspecified atom stereocenters. The van der Waals surface area contributed by atoms with Crippen LogP contribution in [0.4, 0.5) is 11.4 Å². The molecule has 18 heavy (non-hydrogen) atoms. The van der Waals surface area contributed by atoms with E-state index >= 15 is 0 Å². The van der Waals surface area contributed by atoms with E-state index < -0.39 is 0 Å². The molecule has 0 heterocycles. The Hall–Kier alpha value is -1.76. The summed E-state index contributed by atoms with van der Waals surface area (Å²) < 4.78 is 0. The molecule has 1 N–H and O–H groups in total. The fraction of sp³-hybridized carbons (Fsp3) is 0.294. The van der Waals surface area contributed by atoms with Gasteiger partial charge in [-0.15, -0.1) is 0 Å². The van der Waals surface area contributed by atoms with Gasteiger partial charge in [0.25, 0.3) is 0 Å². The summed E-state index contributed by atoms with van der Waals surface area (Å²) in [6.07, 6.45) is 1.14. The Morgan fingerprint density at radius 3 is 1.83 bits per heavy atom. The van der Waals surface area contributed by atoms with Crippen LogP contribution in [0.3, 0.4) is 0 Å². The van der Waals surface area contributed by atoms with Gasteiger partial charge in [0, 0.05) is 11.4 Å². The molecule has 0 fully saturated rings. The highest BCUT2D eigenvalue weighted by molar-refractivity contribution is 5.59. The van der Waals surface area contributed by atoms with E-state index in [2.05, 4.69) is 74.6 Å². The highest BCUT2D eigenvalue weighted by Crippen LogP contribution is 2.18. The summed E-state index contributed by atoms with van der Waals surface area (Å²) in [5.41, 5.74) is 4.97. The van der Waals surface area contributed by atoms with Crippen LogP contribution < -0.4 is 5.32 Å². The smallest absolute Gasteiger partial charge is 0.0384 e. The molecule has 1 heteroatoms. The van der Waals surface area contributed by atoms with E-state index in [-0.39, 0.29) is 0 Å². The Labute approximate surface area is 110 Å². The second kappa shape index (κ2) is 5.72. The van der Waals surface area contributed by atoms with Crippen molar-refractivity contribution in [3.63, 3.8) is 0 Å². The van der Waals surface area contributed by atoms with Gasteiger partial charge in [0.1, 0.15) is 0 Å². The summed E-state index contributed by atoms with van der Waals surface area (Å²) in [7, 11) is 0. The molecule has 0 aliphatic carbocycles. The second-order valence-electron chi connectivity index (χ2n) is 5.29. The van der Waals surface area contributed by atoms with Crippen LogP contribution in [0, 0.1) is 12.8 Å². The van der Waals surface area contributed by atoms with Crippen molar-refractivity contribution in [2.75, 3.05) is 5.32 Å². The molecule has 2 rings (SSSR count). The first-order valence-electron chi connectivity index (χ1n) is 6.56. The van der Waals surface area contributed by atoms with Crippen molar-refractivity contribution < 1.29 is 0 Å². The van der Waals surface area contributed by atoms with E-state index in [0.29, 0.717) is 5.92 Å². The fourth-order valence-electron chi connectivity index (χ4n) is 2.00. The van der Waals surface area contributed by atoms with Crippen LogP contribution in [0.1, 0.15) is 25.0 Å². The number of rotatable bonds is 4. The first-order chi connectivity index (χ1) is 8.63. The van der Waals surface area contributed by atoms with Gasteiger partial charge in [0.15, 0.2) is 0 Å². The zero-order valence-electron chi connectivity index (χ0n) is 11.4. The third-order valence-corrected chi connectivity index (χ3v) is 2.94. The summed E-state index contributed by atoms with van der Waals surface area (Å²) in [5, 5.41) is 3.41. The van der Waals surface area contributed by atoms with Crippen molar-refractivity contribution in [1.29, 1.82) is 0 Å². The molecule has 94 valence electrons. The molecule has 0 saturated heterocycles. The lowest BCUT2D eigenvalue weighted by molar-refractivity contribution is 0.647.